The van der Waals surface area contributed by atoms with Crippen LogP contribution < -0.4 is 5.32 Å². The van der Waals surface area contributed by atoms with Gasteiger partial charge < -0.3 is 10.1 Å². The first-order valence-electron chi connectivity index (χ1n) is 8.85. The summed E-state index contributed by atoms with van der Waals surface area (Å²) in [5.74, 6) is -0.904. The number of carbonyl (C=O) groups is 3. The van der Waals surface area contributed by atoms with Gasteiger partial charge in [-0.3, -0.25) is 19.3 Å². The highest BCUT2D eigenvalue weighted by Gasteiger charge is 2.42. The molecule has 25 heavy (non-hydrogen) atoms. The third-order valence-electron chi connectivity index (χ3n) is 4.66. The SMILES string of the molecule is CC(C)C[C@@H](C(=O)NC[C@H]1CCCO1)N1C(=O)c2ccccc2C1=O. The molecule has 1 aromatic rings. The number of imide groups is 1. The Morgan fingerprint density at radius 3 is 2.40 bits per heavy atom. The van der Waals surface area contributed by atoms with Crippen LogP contribution >= 0.6 is 0 Å². The Labute approximate surface area is 147 Å². The summed E-state index contributed by atoms with van der Waals surface area (Å²) in [6.45, 7) is 5.07. The van der Waals surface area contributed by atoms with Gasteiger partial charge in [-0.1, -0.05) is 26.0 Å². The minimum Gasteiger partial charge on any atom is -0.376 e. The highest BCUT2D eigenvalue weighted by molar-refractivity contribution is 6.22. The van der Waals surface area contributed by atoms with Crippen molar-refractivity contribution in [3.63, 3.8) is 0 Å². The molecule has 0 aliphatic carbocycles. The summed E-state index contributed by atoms with van der Waals surface area (Å²) in [6, 6.07) is 5.91. The zero-order chi connectivity index (χ0) is 18.0. The van der Waals surface area contributed by atoms with Gasteiger partial charge in [0.2, 0.25) is 5.91 Å². The van der Waals surface area contributed by atoms with Crippen LogP contribution in [-0.4, -0.2) is 47.9 Å². The largest absolute Gasteiger partial charge is 0.376 e. The van der Waals surface area contributed by atoms with Crippen molar-refractivity contribution >= 4 is 17.7 Å². The Balaban J connectivity index is 1.77. The molecule has 0 spiro atoms. The third-order valence-corrected chi connectivity index (χ3v) is 4.66. The zero-order valence-corrected chi connectivity index (χ0v) is 14.7. The van der Waals surface area contributed by atoms with E-state index in [4.69, 9.17) is 4.74 Å². The van der Waals surface area contributed by atoms with Crippen LogP contribution in [0.4, 0.5) is 0 Å². The lowest BCUT2D eigenvalue weighted by Gasteiger charge is -2.27. The smallest absolute Gasteiger partial charge is 0.262 e. The van der Waals surface area contributed by atoms with E-state index in [1.165, 1.54) is 0 Å². The summed E-state index contributed by atoms with van der Waals surface area (Å²) in [5, 5.41) is 2.86. The zero-order valence-electron chi connectivity index (χ0n) is 14.7. The molecule has 2 aliphatic rings. The molecule has 6 heteroatoms. The number of fused-ring (bicyclic) bond motifs is 1. The summed E-state index contributed by atoms with van der Waals surface area (Å²) >= 11 is 0. The average Bonchev–Trinajstić information content (AvgIpc) is 3.19. The molecule has 1 N–H and O–H groups in total. The van der Waals surface area contributed by atoms with Crippen molar-refractivity contribution in [2.75, 3.05) is 13.2 Å². The molecular weight excluding hydrogens is 320 g/mol. The van der Waals surface area contributed by atoms with Gasteiger partial charge in [-0.05, 0) is 37.3 Å². The second-order valence-corrected chi connectivity index (χ2v) is 7.05. The quantitative estimate of drug-likeness (QED) is 0.801. The Morgan fingerprint density at radius 2 is 1.88 bits per heavy atom. The fraction of sp³-hybridized carbons (Fsp3) is 0.526. The Hall–Kier alpha value is -2.21. The lowest BCUT2D eigenvalue weighted by molar-refractivity contribution is -0.126. The lowest BCUT2D eigenvalue weighted by Crippen LogP contribution is -2.51. The van der Waals surface area contributed by atoms with E-state index in [2.05, 4.69) is 5.32 Å². The van der Waals surface area contributed by atoms with E-state index in [1.54, 1.807) is 24.3 Å². The van der Waals surface area contributed by atoms with Crippen LogP contribution in [0.1, 0.15) is 53.8 Å². The van der Waals surface area contributed by atoms with Gasteiger partial charge >= 0.3 is 0 Å². The molecule has 2 atom stereocenters. The third kappa shape index (κ3) is 3.58. The van der Waals surface area contributed by atoms with Crippen LogP contribution in [0.15, 0.2) is 24.3 Å². The number of nitrogens with zero attached hydrogens (tertiary/aromatic N) is 1. The van der Waals surface area contributed by atoms with Gasteiger partial charge in [-0.2, -0.15) is 0 Å². The van der Waals surface area contributed by atoms with Gasteiger partial charge in [0.1, 0.15) is 6.04 Å². The van der Waals surface area contributed by atoms with Crippen molar-refractivity contribution in [2.45, 2.75) is 45.3 Å². The molecule has 3 rings (SSSR count). The molecule has 0 saturated carbocycles. The number of ether oxygens (including phenoxy) is 1. The van der Waals surface area contributed by atoms with Gasteiger partial charge in [0, 0.05) is 13.2 Å². The highest BCUT2D eigenvalue weighted by Crippen LogP contribution is 2.27. The van der Waals surface area contributed by atoms with E-state index in [0.717, 1.165) is 17.7 Å². The Bertz CT molecular complexity index is 645. The molecule has 2 heterocycles. The van der Waals surface area contributed by atoms with Crippen LogP contribution in [-0.2, 0) is 9.53 Å². The first kappa shape index (κ1) is 17.6. The summed E-state index contributed by atoms with van der Waals surface area (Å²) in [4.78, 5) is 39.3. The number of carbonyl (C=O) groups excluding carboxylic acids is 3. The molecule has 1 aromatic carbocycles. The number of rotatable bonds is 6. The summed E-state index contributed by atoms with van der Waals surface area (Å²) in [6.07, 6.45) is 2.37. The van der Waals surface area contributed by atoms with E-state index < -0.39 is 17.9 Å². The number of benzene rings is 1. The lowest BCUT2D eigenvalue weighted by atomic mass is 10.0. The molecule has 2 aliphatic heterocycles. The molecule has 134 valence electrons. The summed E-state index contributed by atoms with van der Waals surface area (Å²) < 4.78 is 5.52. The van der Waals surface area contributed by atoms with Crippen molar-refractivity contribution in [2.24, 2.45) is 5.92 Å². The van der Waals surface area contributed by atoms with E-state index in [9.17, 15) is 14.4 Å². The van der Waals surface area contributed by atoms with Crippen LogP contribution in [0.5, 0.6) is 0 Å². The summed E-state index contributed by atoms with van der Waals surface area (Å²) in [5.41, 5.74) is 0.737. The van der Waals surface area contributed by atoms with Crippen molar-refractivity contribution < 1.29 is 19.1 Å². The van der Waals surface area contributed by atoms with Crippen molar-refractivity contribution in [1.82, 2.24) is 10.2 Å². The second-order valence-electron chi connectivity index (χ2n) is 7.05. The number of nitrogens with one attached hydrogen (secondary N) is 1. The predicted molar refractivity (Wildman–Crippen MR) is 92.2 cm³/mol. The van der Waals surface area contributed by atoms with Crippen molar-refractivity contribution in [3.05, 3.63) is 35.4 Å². The molecule has 0 radical (unpaired) electrons. The fourth-order valence-electron chi connectivity index (χ4n) is 3.40. The van der Waals surface area contributed by atoms with Crippen LogP contribution in [0.25, 0.3) is 0 Å². The highest BCUT2D eigenvalue weighted by atomic mass is 16.5. The molecule has 0 aromatic heterocycles. The van der Waals surface area contributed by atoms with Crippen molar-refractivity contribution in [1.29, 1.82) is 0 Å². The first-order valence-corrected chi connectivity index (χ1v) is 8.85. The molecule has 1 fully saturated rings. The molecular formula is C19H24N2O4. The molecule has 0 unspecified atom stereocenters. The van der Waals surface area contributed by atoms with Gasteiger partial charge in [0.25, 0.3) is 11.8 Å². The first-order chi connectivity index (χ1) is 12.0. The topological polar surface area (TPSA) is 75.7 Å². The minimum atomic E-state index is -0.797. The standard InChI is InChI=1S/C19H24N2O4/c1-12(2)10-16(17(22)20-11-13-6-5-9-25-13)21-18(23)14-7-3-4-8-15(14)19(21)24/h3-4,7-8,12-13,16H,5-6,9-11H2,1-2H3,(H,20,22)/t13-,16+/m1/s1. The van der Waals surface area contributed by atoms with E-state index in [1.807, 2.05) is 13.8 Å². The Morgan fingerprint density at radius 1 is 1.24 bits per heavy atom. The number of hydrogen-bond acceptors (Lipinski definition) is 4. The van der Waals surface area contributed by atoms with Gasteiger partial charge in [0.05, 0.1) is 17.2 Å². The monoisotopic (exact) mass is 344 g/mol. The Kier molecular flexibility index (Phi) is 5.18. The van der Waals surface area contributed by atoms with Crippen molar-refractivity contribution in [3.8, 4) is 0 Å². The maximum atomic E-state index is 12.8. The normalized spacial score (nSPS) is 20.9. The summed E-state index contributed by atoms with van der Waals surface area (Å²) in [7, 11) is 0. The average molecular weight is 344 g/mol. The minimum absolute atomic E-state index is 0.0193. The molecule has 0 bridgehead atoms. The molecule has 1 saturated heterocycles. The maximum Gasteiger partial charge on any atom is 0.262 e. The van der Waals surface area contributed by atoms with Crippen LogP contribution in [0.2, 0.25) is 0 Å². The van der Waals surface area contributed by atoms with Gasteiger partial charge in [-0.15, -0.1) is 0 Å². The number of hydrogen-bond donors (Lipinski definition) is 1. The van der Waals surface area contributed by atoms with Gasteiger partial charge in [-0.25, -0.2) is 0 Å². The predicted octanol–water partition coefficient (Wildman–Crippen LogP) is 1.99. The number of amides is 3. The van der Waals surface area contributed by atoms with Crippen LogP contribution in [0.3, 0.4) is 0 Å². The molecule has 6 nitrogen and oxygen atoms in total. The van der Waals surface area contributed by atoms with Crippen LogP contribution in [0, 0.1) is 5.92 Å². The van der Waals surface area contributed by atoms with E-state index in [0.29, 0.717) is 30.7 Å². The fourth-order valence-corrected chi connectivity index (χ4v) is 3.40. The second kappa shape index (κ2) is 7.35. The van der Waals surface area contributed by atoms with E-state index in [-0.39, 0.29) is 17.9 Å². The van der Waals surface area contributed by atoms with Gasteiger partial charge in [0.15, 0.2) is 0 Å². The maximum absolute atomic E-state index is 12.8. The molecule has 3 amide bonds. The van der Waals surface area contributed by atoms with E-state index >= 15 is 0 Å².